The van der Waals surface area contributed by atoms with E-state index in [1.807, 2.05) is 0 Å². The summed E-state index contributed by atoms with van der Waals surface area (Å²) in [6.07, 6.45) is 4.94. The van der Waals surface area contributed by atoms with E-state index in [4.69, 9.17) is 4.74 Å². The predicted molar refractivity (Wildman–Crippen MR) is 114 cm³/mol. The molecule has 3 amide bonds. The predicted octanol–water partition coefficient (Wildman–Crippen LogP) is 2.97. The standard InChI is InChI=1S/C23H27FN4O3/c24-18-4-1-3-16(13-18)21-8-7-17(15-25-21)22(29)26-19-5-2-6-20(14-19)27-23(30)28-9-11-31-12-10-28/h1,3-4,7-8,13,15,19-20H,2,5-6,9-12,14H2,(H,26,29)(H,27,30)/t19-,20+/m0/s1. The summed E-state index contributed by atoms with van der Waals surface area (Å²) in [6.45, 7) is 2.36. The highest BCUT2D eigenvalue weighted by Gasteiger charge is 2.27. The minimum atomic E-state index is -0.325. The van der Waals surface area contributed by atoms with Crippen LogP contribution in [-0.2, 0) is 4.74 Å². The monoisotopic (exact) mass is 426 g/mol. The number of nitrogens with zero attached hydrogens (tertiary/aromatic N) is 2. The van der Waals surface area contributed by atoms with Crippen LogP contribution in [0.4, 0.5) is 9.18 Å². The number of carbonyl (C=O) groups excluding carboxylic acids is 2. The molecule has 2 heterocycles. The number of nitrogens with one attached hydrogen (secondary N) is 2. The average Bonchev–Trinajstić information content (AvgIpc) is 2.80. The number of amides is 3. The van der Waals surface area contributed by atoms with Gasteiger partial charge in [-0.3, -0.25) is 9.78 Å². The zero-order valence-electron chi connectivity index (χ0n) is 17.4. The van der Waals surface area contributed by atoms with Crippen molar-refractivity contribution in [2.24, 2.45) is 0 Å². The van der Waals surface area contributed by atoms with E-state index in [-0.39, 0.29) is 29.8 Å². The Hall–Kier alpha value is -3.00. The SMILES string of the molecule is O=C(N[C@H]1CCC[C@@H](NC(=O)N2CCOCC2)C1)c1ccc(-c2cccc(F)c2)nc1. The summed E-state index contributed by atoms with van der Waals surface area (Å²) in [5, 5.41) is 6.16. The van der Waals surface area contributed by atoms with Crippen molar-refractivity contribution in [2.75, 3.05) is 26.3 Å². The summed E-state index contributed by atoms with van der Waals surface area (Å²) in [5.74, 6) is -0.517. The summed E-state index contributed by atoms with van der Waals surface area (Å²) in [5.41, 5.74) is 1.73. The number of morpholine rings is 1. The molecule has 1 saturated carbocycles. The van der Waals surface area contributed by atoms with Crippen molar-refractivity contribution in [1.29, 1.82) is 0 Å². The Labute approximate surface area is 181 Å². The van der Waals surface area contributed by atoms with Gasteiger partial charge in [-0.2, -0.15) is 0 Å². The third-order valence-electron chi connectivity index (χ3n) is 5.78. The molecule has 164 valence electrons. The molecule has 1 aromatic heterocycles. The van der Waals surface area contributed by atoms with Crippen LogP contribution in [0.5, 0.6) is 0 Å². The molecule has 0 radical (unpaired) electrons. The van der Waals surface area contributed by atoms with Crippen molar-refractivity contribution >= 4 is 11.9 Å². The topological polar surface area (TPSA) is 83.6 Å². The first-order chi connectivity index (χ1) is 15.1. The molecule has 0 unspecified atom stereocenters. The maximum Gasteiger partial charge on any atom is 0.317 e. The number of benzene rings is 1. The van der Waals surface area contributed by atoms with Gasteiger partial charge in [-0.25, -0.2) is 9.18 Å². The molecule has 1 aromatic carbocycles. The molecule has 0 bridgehead atoms. The molecule has 0 spiro atoms. The van der Waals surface area contributed by atoms with Crippen LogP contribution in [0, 0.1) is 5.82 Å². The number of hydrogen-bond acceptors (Lipinski definition) is 4. The zero-order valence-corrected chi connectivity index (χ0v) is 17.4. The van der Waals surface area contributed by atoms with Crippen molar-refractivity contribution in [3.63, 3.8) is 0 Å². The quantitative estimate of drug-likeness (QED) is 0.787. The Balaban J connectivity index is 1.31. The molecular formula is C23H27FN4O3. The van der Waals surface area contributed by atoms with Gasteiger partial charge in [0, 0.05) is 36.9 Å². The van der Waals surface area contributed by atoms with Gasteiger partial charge in [0.1, 0.15) is 5.82 Å². The van der Waals surface area contributed by atoms with E-state index in [9.17, 15) is 14.0 Å². The molecule has 31 heavy (non-hydrogen) atoms. The number of carbonyl (C=O) groups is 2. The minimum Gasteiger partial charge on any atom is -0.378 e. The van der Waals surface area contributed by atoms with Crippen LogP contribution >= 0.6 is 0 Å². The highest BCUT2D eigenvalue weighted by atomic mass is 19.1. The molecule has 2 aliphatic rings. The van der Waals surface area contributed by atoms with E-state index in [1.54, 1.807) is 29.2 Å². The second-order valence-electron chi connectivity index (χ2n) is 8.03. The van der Waals surface area contributed by atoms with Crippen molar-refractivity contribution < 1.29 is 18.7 Å². The van der Waals surface area contributed by atoms with E-state index >= 15 is 0 Å². The second-order valence-corrected chi connectivity index (χ2v) is 8.03. The average molecular weight is 426 g/mol. The van der Waals surface area contributed by atoms with Gasteiger partial charge >= 0.3 is 6.03 Å². The van der Waals surface area contributed by atoms with Gasteiger partial charge in [0.05, 0.1) is 24.5 Å². The van der Waals surface area contributed by atoms with Gasteiger partial charge in [-0.05, 0) is 49.9 Å². The number of ether oxygens (including phenoxy) is 1. The summed E-state index contributed by atoms with van der Waals surface area (Å²) in [7, 11) is 0. The zero-order chi connectivity index (χ0) is 21.6. The third kappa shape index (κ3) is 5.58. The number of aromatic nitrogens is 1. The fraction of sp³-hybridized carbons (Fsp3) is 0.435. The van der Waals surface area contributed by atoms with Gasteiger partial charge < -0.3 is 20.3 Å². The number of pyridine rings is 1. The maximum absolute atomic E-state index is 13.4. The lowest BCUT2D eigenvalue weighted by Crippen LogP contribution is -2.52. The minimum absolute atomic E-state index is 0.000801. The van der Waals surface area contributed by atoms with Crippen LogP contribution in [0.25, 0.3) is 11.3 Å². The maximum atomic E-state index is 13.4. The van der Waals surface area contributed by atoms with Crippen molar-refractivity contribution in [3.8, 4) is 11.3 Å². The lowest BCUT2D eigenvalue weighted by atomic mass is 9.91. The first-order valence-electron chi connectivity index (χ1n) is 10.7. The highest BCUT2D eigenvalue weighted by Crippen LogP contribution is 2.21. The molecule has 7 nitrogen and oxygen atoms in total. The molecule has 2 aromatic rings. The normalized spacial score (nSPS) is 21.4. The van der Waals surface area contributed by atoms with Crippen molar-refractivity contribution in [3.05, 3.63) is 54.0 Å². The van der Waals surface area contributed by atoms with Crippen LogP contribution in [0.2, 0.25) is 0 Å². The second kappa shape index (κ2) is 9.87. The number of rotatable bonds is 4. The Bertz CT molecular complexity index is 915. The molecule has 4 rings (SSSR count). The Morgan fingerprint density at radius 2 is 1.84 bits per heavy atom. The smallest absolute Gasteiger partial charge is 0.317 e. The van der Waals surface area contributed by atoms with Crippen LogP contribution < -0.4 is 10.6 Å². The molecular weight excluding hydrogens is 399 g/mol. The van der Waals surface area contributed by atoms with Gasteiger partial charge in [-0.15, -0.1) is 0 Å². The number of halogens is 1. The highest BCUT2D eigenvalue weighted by molar-refractivity contribution is 5.94. The van der Waals surface area contributed by atoms with E-state index < -0.39 is 0 Å². The van der Waals surface area contributed by atoms with Crippen molar-refractivity contribution in [1.82, 2.24) is 20.5 Å². The molecule has 2 fully saturated rings. The lowest BCUT2D eigenvalue weighted by molar-refractivity contribution is 0.0519. The Kier molecular flexibility index (Phi) is 6.76. The first kappa shape index (κ1) is 21.2. The first-order valence-corrected chi connectivity index (χ1v) is 10.7. The summed E-state index contributed by atoms with van der Waals surface area (Å²) >= 11 is 0. The van der Waals surface area contributed by atoms with E-state index in [1.165, 1.54) is 18.3 Å². The van der Waals surface area contributed by atoms with Gasteiger partial charge in [-0.1, -0.05) is 12.1 Å². The fourth-order valence-electron chi connectivity index (χ4n) is 4.10. The van der Waals surface area contributed by atoms with Gasteiger partial charge in [0.15, 0.2) is 0 Å². The molecule has 2 atom stereocenters. The van der Waals surface area contributed by atoms with Gasteiger partial charge in [0.2, 0.25) is 0 Å². The molecule has 8 heteroatoms. The fourth-order valence-corrected chi connectivity index (χ4v) is 4.10. The van der Waals surface area contributed by atoms with Crippen LogP contribution in [-0.4, -0.2) is 60.2 Å². The Morgan fingerprint density at radius 3 is 2.55 bits per heavy atom. The van der Waals surface area contributed by atoms with Crippen LogP contribution in [0.15, 0.2) is 42.6 Å². The van der Waals surface area contributed by atoms with E-state index in [0.717, 1.165) is 19.3 Å². The molecule has 1 aliphatic carbocycles. The largest absolute Gasteiger partial charge is 0.378 e. The third-order valence-corrected chi connectivity index (χ3v) is 5.78. The summed E-state index contributed by atoms with van der Waals surface area (Å²) in [6, 6.07) is 9.60. The van der Waals surface area contributed by atoms with E-state index in [0.29, 0.717) is 49.5 Å². The van der Waals surface area contributed by atoms with Gasteiger partial charge in [0.25, 0.3) is 5.91 Å². The summed E-state index contributed by atoms with van der Waals surface area (Å²) < 4.78 is 18.7. The number of hydrogen-bond donors (Lipinski definition) is 2. The lowest BCUT2D eigenvalue weighted by Gasteiger charge is -2.33. The molecule has 2 N–H and O–H groups in total. The molecule has 1 saturated heterocycles. The van der Waals surface area contributed by atoms with Crippen LogP contribution in [0.3, 0.4) is 0 Å². The number of urea groups is 1. The Morgan fingerprint density at radius 1 is 1.06 bits per heavy atom. The van der Waals surface area contributed by atoms with Crippen molar-refractivity contribution in [2.45, 2.75) is 37.8 Å². The molecule has 1 aliphatic heterocycles. The van der Waals surface area contributed by atoms with Crippen LogP contribution in [0.1, 0.15) is 36.0 Å². The van der Waals surface area contributed by atoms with E-state index in [2.05, 4.69) is 15.6 Å². The summed E-state index contributed by atoms with van der Waals surface area (Å²) in [4.78, 5) is 31.2.